The number of nitrogens with zero attached hydrogens (tertiary/aromatic N) is 6. The number of likely N-dealkylation sites (tertiary alicyclic amines) is 1. The molecule has 1 saturated heterocycles. The van der Waals surface area contributed by atoms with E-state index in [1.165, 1.54) is 15.3 Å². The van der Waals surface area contributed by atoms with E-state index in [9.17, 15) is 19.2 Å². The van der Waals surface area contributed by atoms with E-state index in [2.05, 4.69) is 16.2 Å². The van der Waals surface area contributed by atoms with Crippen LogP contribution in [0, 0.1) is 24.1 Å². The number of halogens is 1. The van der Waals surface area contributed by atoms with E-state index in [-0.39, 0.29) is 18.1 Å². The zero-order chi connectivity index (χ0) is 19.8. The maximum atomic E-state index is 14.1. The predicted octanol–water partition coefficient (Wildman–Crippen LogP) is 1.33. The highest BCUT2D eigenvalue weighted by atomic mass is 19.1. The number of aromatic nitrogens is 4. The first-order valence-electron chi connectivity index (χ1n) is 9.49. The van der Waals surface area contributed by atoms with Crippen molar-refractivity contribution in [2.75, 3.05) is 6.54 Å². The minimum Gasteiger partial charge on any atom is -0.325 e. The summed E-state index contributed by atoms with van der Waals surface area (Å²) in [7, 11) is 0. The van der Waals surface area contributed by atoms with Crippen molar-refractivity contribution in [3.63, 3.8) is 0 Å². The number of hydrogen-bond donors (Lipinski definition) is 0. The van der Waals surface area contributed by atoms with Crippen LogP contribution in [0.5, 0.6) is 0 Å². The Labute approximate surface area is 161 Å². The van der Waals surface area contributed by atoms with Gasteiger partial charge in [-0.15, -0.1) is 0 Å². The van der Waals surface area contributed by atoms with Gasteiger partial charge < -0.3 is 4.90 Å². The number of pyridine rings is 1. The molecule has 0 aromatic carbocycles. The van der Waals surface area contributed by atoms with Gasteiger partial charge in [0.2, 0.25) is 5.91 Å². The van der Waals surface area contributed by atoms with Crippen LogP contribution in [0.4, 0.5) is 4.39 Å². The fraction of sp³-hybridized carbons (Fsp3) is 0.526. The highest BCUT2D eigenvalue weighted by Crippen LogP contribution is 2.27. The Kier molecular flexibility index (Phi) is 4.71. The number of aryl methyl sites for hydroxylation is 2. The van der Waals surface area contributed by atoms with E-state index in [4.69, 9.17) is 0 Å². The van der Waals surface area contributed by atoms with Gasteiger partial charge in [-0.2, -0.15) is 10.4 Å². The summed E-state index contributed by atoms with van der Waals surface area (Å²) in [6.45, 7) is 2.19. The second-order valence-corrected chi connectivity index (χ2v) is 7.39. The lowest BCUT2D eigenvalue weighted by atomic mass is 10.0. The monoisotopic (exact) mass is 384 g/mol. The second-order valence-electron chi connectivity index (χ2n) is 7.39. The molecule has 0 saturated carbocycles. The number of carbonyl (C=O) groups is 1. The van der Waals surface area contributed by atoms with Crippen LogP contribution in [0.1, 0.15) is 48.8 Å². The summed E-state index contributed by atoms with van der Waals surface area (Å²) >= 11 is 0. The minimum atomic E-state index is -0.658. The summed E-state index contributed by atoms with van der Waals surface area (Å²) in [5.41, 5.74) is 0.388. The summed E-state index contributed by atoms with van der Waals surface area (Å²) < 4.78 is 16.7. The van der Waals surface area contributed by atoms with Crippen molar-refractivity contribution in [3.05, 3.63) is 45.6 Å². The van der Waals surface area contributed by atoms with E-state index in [1.54, 1.807) is 18.0 Å². The average molecular weight is 384 g/mol. The SMILES string of the molecule is Cc1cnc(Cn2nc3n(c2=O)[C@H](C(=O)N2CCC[C@H]2C#N)CCC3)c(F)c1. The second kappa shape index (κ2) is 7.19. The number of nitriles is 1. The topological polar surface area (TPSA) is 96.8 Å². The molecule has 0 radical (unpaired) electrons. The molecular weight excluding hydrogens is 363 g/mol. The molecule has 2 atom stereocenters. The number of carbonyl (C=O) groups excluding carboxylic acids is 1. The number of rotatable bonds is 3. The Morgan fingerprint density at radius 2 is 2.21 bits per heavy atom. The van der Waals surface area contributed by atoms with Crippen LogP contribution in [-0.2, 0) is 17.8 Å². The molecule has 0 N–H and O–H groups in total. The standard InChI is InChI=1S/C19H21FN6O2/c1-12-8-14(20)15(22-10-12)11-25-19(28)26-16(5-2-6-17(26)23-25)18(27)24-7-3-4-13(24)9-21/h8,10,13,16H,2-7,11H2,1H3/t13-,16-/m0/s1. The first kappa shape index (κ1) is 18.3. The molecular formula is C19H21FN6O2. The molecule has 2 aliphatic heterocycles. The Morgan fingerprint density at radius 3 is 2.96 bits per heavy atom. The Bertz CT molecular complexity index is 1020. The third kappa shape index (κ3) is 3.09. The average Bonchev–Trinajstić information content (AvgIpc) is 3.28. The van der Waals surface area contributed by atoms with Crippen LogP contribution in [0.15, 0.2) is 17.1 Å². The molecule has 0 aliphatic carbocycles. The summed E-state index contributed by atoms with van der Waals surface area (Å²) in [4.78, 5) is 31.6. The van der Waals surface area contributed by atoms with Crippen molar-refractivity contribution in [2.45, 2.75) is 57.7 Å². The van der Waals surface area contributed by atoms with Crippen molar-refractivity contribution < 1.29 is 9.18 Å². The smallest absolute Gasteiger partial charge is 0.325 e. The van der Waals surface area contributed by atoms with Crippen molar-refractivity contribution in [2.24, 2.45) is 0 Å². The first-order chi connectivity index (χ1) is 13.5. The third-order valence-corrected chi connectivity index (χ3v) is 5.45. The van der Waals surface area contributed by atoms with Gasteiger partial charge in [0, 0.05) is 19.2 Å². The van der Waals surface area contributed by atoms with E-state index >= 15 is 0 Å². The molecule has 146 valence electrons. The number of amides is 1. The van der Waals surface area contributed by atoms with Crippen molar-refractivity contribution >= 4 is 5.91 Å². The van der Waals surface area contributed by atoms with Gasteiger partial charge in [0.15, 0.2) is 0 Å². The number of hydrogen-bond acceptors (Lipinski definition) is 5. The summed E-state index contributed by atoms with van der Waals surface area (Å²) in [6, 6.07) is 2.44. The first-order valence-corrected chi connectivity index (χ1v) is 9.49. The van der Waals surface area contributed by atoms with Crippen molar-refractivity contribution in [1.29, 1.82) is 5.26 Å². The lowest BCUT2D eigenvalue weighted by molar-refractivity contribution is -0.135. The predicted molar refractivity (Wildman–Crippen MR) is 96.8 cm³/mol. The lowest BCUT2D eigenvalue weighted by Gasteiger charge is -2.28. The van der Waals surface area contributed by atoms with Crippen LogP contribution >= 0.6 is 0 Å². The molecule has 2 aromatic heterocycles. The Hall–Kier alpha value is -3.02. The van der Waals surface area contributed by atoms with Crippen molar-refractivity contribution in [1.82, 2.24) is 24.2 Å². The van der Waals surface area contributed by atoms with Gasteiger partial charge >= 0.3 is 5.69 Å². The van der Waals surface area contributed by atoms with Gasteiger partial charge in [0.1, 0.15) is 23.7 Å². The summed E-state index contributed by atoms with van der Waals surface area (Å²) in [5.74, 6) is -0.166. The van der Waals surface area contributed by atoms with Crippen LogP contribution in [0.2, 0.25) is 0 Å². The number of fused-ring (bicyclic) bond motifs is 1. The summed E-state index contributed by atoms with van der Waals surface area (Å²) in [6.07, 6.45) is 4.83. The van der Waals surface area contributed by atoms with E-state index < -0.39 is 23.6 Å². The highest BCUT2D eigenvalue weighted by Gasteiger charge is 2.37. The Morgan fingerprint density at radius 1 is 1.39 bits per heavy atom. The van der Waals surface area contributed by atoms with Crippen LogP contribution in [0.25, 0.3) is 0 Å². The van der Waals surface area contributed by atoms with E-state index in [0.29, 0.717) is 37.2 Å². The van der Waals surface area contributed by atoms with Gasteiger partial charge in [0.25, 0.3) is 0 Å². The van der Waals surface area contributed by atoms with Gasteiger partial charge in [-0.05, 0) is 44.2 Å². The quantitative estimate of drug-likeness (QED) is 0.795. The lowest BCUT2D eigenvalue weighted by Crippen LogP contribution is -2.44. The van der Waals surface area contributed by atoms with Crippen LogP contribution < -0.4 is 5.69 Å². The molecule has 4 rings (SSSR count). The molecule has 0 spiro atoms. The van der Waals surface area contributed by atoms with Gasteiger partial charge in [0.05, 0.1) is 18.3 Å². The Balaban J connectivity index is 1.66. The van der Waals surface area contributed by atoms with Gasteiger partial charge in [-0.1, -0.05) is 0 Å². The van der Waals surface area contributed by atoms with Crippen LogP contribution in [-0.4, -0.2) is 42.7 Å². The zero-order valence-electron chi connectivity index (χ0n) is 15.6. The summed E-state index contributed by atoms with van der Waals surface area (Å²) in [5, 5.41) is 13.6. The fourth-order valence-electron chi connectivity index (χ4n) is 4.04. The molecule has 0 bridgehead atoms. The van der Waals surface area contributed by atoms with E-state index in [0.717, 1.165) is 12.8 Å². The third-order valence-electron chi connectivity index (χ3n) is 5.45. The molecule has 9 heteroatoms. The zero-order valence-corrected chi connectivity index (χ0v) is 15.6. The maximum absolute atomic E-state index is 14.1. The molecule has 1 fully saturated rings. The molecule has 0 unspecified atom stereocenters. The van der Waals surface area contributed by atoms with Gasteiger partial charge in [-0.3, -0.25) is 14.3 Å². The maximum Gasteiger partial charge on any atom is 0.347 e. The molecule has 2 aliphatic rings. The molecule has 8 nitrogen and oxygen atoms in total. The molecule has 2 aromatic rings. The molecule has 1 amide bonds. The van der Waals surface area contributed by atoms with Crippen molar-refractivity contribution in [3.8, 4) is 6.07 Å². The molecule has 28 heavy (non-hydrogen) atoms. The largest absolute Gasteiger partial charge is 0.347 e. The normalized spacial score (nSPS) is 21.4. The van der Waals surface area contributed by atoms with Gasteiger partial charge in [-0.25, -0.2) is 13.9 Å². The molecule has 4 heterocycles. The van der Waals surface area contributed by atoms with E-state index in [1.807, 2.05) is 0 Å². The van der Waals surface area contributed by atoms with Crippen LogP contribution in [0.3, 0.4) is 0 Å². The fourth-order valence-corrected chi connectivity index (χ4v) is 4.04. The minimum absolute atomic E-state index is 0.0869. The highest BCUT2D eigenvalue weighted by molar-refractivity contribution is 5.81.